The molecule has 116 valence electrons. The lowest BCUT2D eigenvalue weighted by atomic mass is 10.2. The molecule has 22 heavy (non-hydrogen) atoms. The number of carbonyl (C=O) groups is 2. The zero-order chi connectivity index (χ0) is 16.1. The fourth-order valence-corrected chi connectivity index (χ4v) is 1.98. The minimum Gasteiger partial charge on any atom is -0.493 e. The van der Waals surface area contributed by atoms with Crippen molar-refractivity contribution in [2.75, 3.05) is 7.11 Å². The molecule has 7 heteroatoms. The Morgan fingerprint density at radius 3 is 2.64 bits per heavy atom. The van der Waals surface area contributed by atoms with Gasteiger partial charge in [-0.15, -0.1) is 0 Å². The molecule has 0 spiro atoms. The average Bonchev–Trinajstić information content (AvgIpc) is 2.91. The van der Waals surface area contributed by atoms with Gasteiger partial charge in [-0.1, -0.05) is 18.2 Å². The van der Waals surface area contributed by atoms with Gasteiger partial charge in [0.1, 0.15) is 0 Å². The number of rotatable bonds is 6. The van der Waals surface area contributed by atoms with Crippen molar-refractivity contribution in [3.8, 4) is 11.4 Å². The van der Waals surface area contributed by atoms with Crippen molar-refractivity contribution < 1.29 is 19.4 Å². The molecule has 1 aromatic carbocycles. The number of carboxylic acid groups (broad SMARTS) is 1. The molecule has 2 N–H and O–H groups in total. The third kappa shape index (κ3) is 3.63. The van der Waals surface area contributed by atoms with E-state index < -0.39 is 17.9 Å². The normalized spacial score (nSPS) is 11.7. The van der Waals surface area contributed by atoms with Crippen LogP contribution in [0.1, 0.15) is 23.8 Å². The Morgan fingerprint density at radius 2 is 2.05 bits per heavy atom. The highest BCUT2D eigenvalue weighted by molar-refractivity contribution is 5.95. The number of nitrogens with zero attached hydrogens (tertiary/aromatic N) is 2. The van der Waals surface area contributed by atoms with Crippen LogP contribution in [0.15, 0.2) is 36.5 Å². The van der Waals surface area contributed by atoms with Crippen molar-refractivity contribution >= 4 is 11.9 Å². The maximum Gasteiger partial charge on any atom is 0.305 e. The smallest absolute Gasteiger partial charge is 0.305 e. The van der Waals surface area contributed by atoms with Crippen LogP contribution in [0.2, 0.25) is 0 Å². The van der Waals surface area contributed by atoms with Crippen molar-refractivity contribution in [1.29, 1.82) is 0 Å². The summed E-state index contributed by atoms with van der Waals surface area (Å²) in [6.45, 7) is 1.62. The summed E-state index contributed by atoms with van der Waals surface area (Å²) in [6, 6.07) is 8.79. The van der Waals surface area contributed by atoms with Crippen LogP contribution >= 0.6 is 0 Å². The van der Waals surface area contributed by atoms with E-state index in [1.54, 1.807) is 13.1 Å². The predicted octanol–water partition coefficient (Wildman–Crippen LogP) is 1.47. The van der Waals surface area contributed by atoms with E-state index in [1.165, 1.54) is 11.8 Å². The standard InChI is InChI=1S/C15H17N3O4/c1-10(8-13(19)20)16-15(21)14-12(22-2)9-18(17-14)11-6-4-3-5-7-11/h3-7,9-10H,8H2,1-2H3,(H,16,21)(H,19,20). The van der Waals surface area contributed by atoms with E-state index in [2.05, 4.69) is 10.4 Å². The molecule has 1 amide bonds. The molecule has 0 radical (unpaired) electrons. The molecule has 1 unspecified atom stereocenters. The average molecular weight is 303 g/mol. The first-order valence-electron chi connectivity index (χ1n) is 6.73. The zero-order valence-electron chi connectivity index (χ0n) is 12.3. The highest BCUT2D eigenvalue weighted by atomic mass is 16.5. The molecule has 0 saturated heterocycles. The Balaban J connectivity index is 2.21. The maximum absolute atomic E-state index is 12.2. The lowest BCUT2D eigenvalue weighted by molar-refractivity contribution is -0.137. The van der Waals surface area contributed by atoms with Crippen molar-refractivity contribution in [3.05, 3.63) is 42.2 Å². The number of aliphatic carboxylic acids is 1. The summed E-state index contributed by atoms with van der Waals surface area (Å²) in [5, 5.41) is 15.5. The first kappa shape index (κ1) is 15.6. The fraction of sp³-hybridized carbons (Fsp3) is 0.267. The van der Waals surface area contributed by atoms with E-state index >= 15 is 0 Å². The van der Waals surface area contributed by atoms with E-state index in [0.717, 1.165) is 5.69 Å². The van der Waals surface area contributed by atoms with Gasteiger partial charge in [0.25, 0.3) is 5.91 Å². The maximum atomic E-state index is 12.2. The van der Waals surface area contributed by atoms with Gasteiger partial charge in [0.2, 0.25) is 0 Å². The van der Waals surface area contributed by atoms with Gasteiger partial charge in [-0.3, -0.25) is 9.59 Å². The zero-order valence-corrected chi connectivity index (χ0v) is 12.3. The lowest BCUT2D eigenvalue weighted by Gasteiger charge is -2.10. The van der Waals surface area contributed by atoms with E-state index in [-0.39, 0.29) is 12.1 Å². The summed E-state index contributed by atoms with van der Waals surface area (Å²) < 4.78 is 6.71. The summed E-state index contributed by atoms with van der Waals surface area (Å²) >= 11 is 0. The highest BCUT2D eigenvalue weighted by Crippen LogP contribution is 2.19. The molecular formula is C15H17N3O4. The SMILES string of the molecule is COc1cn(-c2ccccc2)nc1C(=O)NC(C)CC(=O)O. The first-order valence-corrected chi connectivity index (χ1v) is 6.73. The molecule has 0 aliphatic carbocycles. The second kappa shape index (κ2) is 6.75. The summed E-state index contributed by atoms with van der Waals surface area (Å²) in [6.07, 6.45) is 1.44. The Labute approximate surface area is 127 Å². The number of methoxy groups -OCH3 is 1. The van der Waals surface area contributed by atoms with Gasteiger partial charge in [-0.05, 0) is 19.1 Å². The summed E-state index contributed by atoms with van der Waals surface area (Å²) in [7, 11) is 1.45. The third-order valence-electron chi connectivity index (χ3n) is 2.99. The lowest BCUT2D eigenvalue weighted by Crippen LogP contribution is -2.34. The van der Waals surface area contributed by atoms with E-state index in [9.17, 15) is 9.59 Å². The van der Waals surface area contributed by atoms with Gasteiger partial charge in [-0.2, -0.15) is 5.10 Å². The molecule has 0 aliphatic heterocycles. The Bertz CT molecular complexity index is 667. The topological polar surface area (TPSA) is 93.5 Å². The van der Waals surface area contributed by atoms with Crippen LogP contribution in [-0.4, -0.2) is 39.9 Å². The number of carbonyl (C=O) groups excluding carboxylic acids is 1. The number of benzene rings is 1. The number of nitrogens with one attached hydrogen (secondary N) is 1. The Morgan fingerprint density at radius 1 is 1.36 bits per heavy atom. The van der Waals surface area contributed by atoms with E-state index in [0.29, 0.717) is 5.75 Å². The summed E-state index contributed by atoms with van der Waals surface area (Å²) in [5.41, 5.74) is 0.905. The number of amides is 1. The van der Waals surface area contributed by atoms with Gasteiger partial charge in [0.15, 0.2) is 11.4 Å². The van der Waals surface area contributed by atoms with Crippen molar-refractivity contribution in [2.24, 2.45) is 0 Å². The number of ether oxygens (including phenoxy) is 1. The van der Waals surface area contributed by atoms with Gasteiger partial charge < -0.3 is 15.2 Å². The predicted molar refractivity (Wildman–Crippen MR) is 79.3 cm³/mol. The van der Waals surface area contributed by atoms with Gasteiger partial charge in [-0.25, -0.2) is 4.68 Å². The molecule has 7 nitrogen and oxygen atoms in total. The molecule has 0 aliphatic rings. The second-order valence-electron chi connectivity index (χ2n) is 4.80. The van der Waals surface area contributed by atoms with Crippen LogP contribution in [0, 0.1) is 0 Å². The highest BCUT2D eigenvalue weighted by Gasteiger charge is 2.20. The largest absolute Gasteiger partial charge is 0.493 e. The summed E-state index contributed by atoms with van der Waals surface area (Å²) in [5.74, 6) is -1.13. The van der Waals surface area contributed by atoms with Gasteiger partial charge in [0.05, 0.1) is 25.4 Å². The number of aromatic nitrogens is 2. The third-order valence-corrected chi connectivity index (χ3v) is 2.99. The molecular weight excluding hydrogens is 286 g/mol. The second-order valence-corrected chi connectivity index (χ2v) is 4.80. The number of hydrogen-bond donors (Lipinski definition) is 2. The molecule has 0 fully saturated rings. The van der Waals surface area contributed by atoms with Crippen LogP contribution in [0.4, 0.5) is 0 Å². The van der Waals surface area contributed by atoms with Crippen LogP contribution in [0.25, 0.3) is 5.69 Å². The van der Waals surface area contributed by atoms with Crippen molar-refractivity contribution in [3.63, 3.8) is 0 Å². The molecule has 1 atom stereocenters. The summed E-state index contributed by atoms with van der Waals surface area (Å²) in [4.78, 5) is 22.8. The number of para-hydroxylation sites is 1. The van der Waals surface area contributed by atoms with E-state index in [4.69, 9.17) is 9.84 Å². The van der Waals surface area contributed by atoms with Crippen molar-refractivity contribution in [2.45, 2.75) is 19.4 Å². The van der Waals surface area contributed by atoms with Gasteiger partial charge in [0, 0.05) is 6.04 Å². The van der Waals surface area contributed by atoms with Crippen LogP contribution in [0.3, 0.4) is 0 Å². The molecule has 0 saturated carbocycles. The number of carboxylic acids is 1. The van der Waals surface area contributed by atoms with Gasteiger partial charge >= 0.3 is 5.97 Å². The molecule has 0 bridgehead atoms. The van der Waals surface area contributed by atoms with Crippen LogP contribution < -0.4 is 10.1 Å². The minimum atomic E-state index is -0.977. The molecule has 2 aromatic rings. The first-order chi connectivity index (χ1) is 10.5. The monoisotopic (exact) mass is 303 g/mol. The molecule has 1 heterocycles. The Hall–Kier alpha value is -2.83. The molecule has 1 aromatic heterocycles. The quantitative estimate of drug-likeness (QED) is 0.843. The van der Waals surface area contributed by atoms with Crippen LogP contribution in [-0.2, 0) is 4.79 Å². The fourth-order valence-electron chi connectivity index (χ4n) is 1.98. The van der Waals surface area contributed by atoms with Crippen LogP contribution in [0.5, 0.6) is 5.75 Å². The Kier molecular flexibility index (Phi) is 4.77. The van der Waals surface area contributed by atoms with E-state index in [1.807, 2.05) is 30.3 Å². The molecule has 2 rings (SSSR count). The number of hydrogen-bond acceptors (Lipinski definition) is 4. The van der Waals surface area contributed by atoms with Crippen molar-refractivity contribution in [1.82, 2.24) is 15.1 Å². The minimum absolute atomic E-state index is 0.114.